The summed E-state index contributed by atoms with van der Waals surface area (Å²) in [6, 6.07) is 15.2. The molecular formula is C25H29FN4O3S. The zero-order valence-corrected chi connectivity index (χ0v) is 19.8. The molecule has 7 nitrogen and oxygen atoms in total. The Kier molecular flexibility index (Phi) is 8.18. The van der Waals surface area contributed by atoms with Gasteiger partial charge in [0.1, 0.15) is 5.82 Å². The first kappa shape index (κ1) is 24.2. The molecule has 2 saturated heterocycles. The van der Waals surface area contributed by atoms with E-state index in [1.54, 1.807) is 9.80 Å². The van der Waals surface area contributed by atoms with Gasteiger partial charge in [-0.2, -0.15) is 0 Å². The highest BCUT2D eigenvalue weighted by Gasteiger charge is 2.38. The molecule has 9 heteroatoms. The van der Waals surface area contributed by atoms with E-state index in [9.17, 15) is 18.8 Å². The highest BCUT2D eigenvalue weighted by atomic mass is 32.2. The predicted molar refractivity (Wildman–Crippen MR) is 130 cm³/mol. The smallest absolute Gasteiger partial charge is 0.255 e. The van der Waals surface area contributed by atoms with Crippen LogP contribution in [0.15, 0.2) is 54.6 Å². The van der Waals surface area contributed by atoms with Crippen LogP contribution in [0.2, 0.25) is 0 Å². The van der Waals surface area contributed by atoms with E-state index in [-0.39, 0.29) is 17.7 Å². The molecule has 2 aromatic rings. The van der Waals surface area contributed by atoms with Gasteiger partial charge in [0.25, 0.3) is 11.8 Å². The van der Waals surface area contributed by atoms with Crippen LogP contribution in [0.4, 0.5) is 4.39 Å². The third-order valence-electron chi connectivity index (χ3n) is 6.05. The number of thioether (sulfide) groups is 1. The zero-order chi connectivity index (χ0) is 23.9. The number of amides is 3. The van der Waals surface area contributed by atoms with E-state index >= 15 is 0 Å². The molecule has 2 aliphatic rings. The lowest BCUT2D eigenvalue weighted by molar-refractivity contribution is -0.132. The number of nitrogens with zero attached hydrogens (tertiary/aromatic N) is 3. The van der Waals surface area contributed by atoms with Crippen molar-refractivity contribution in [2.24, 2.45) is 0 Å². The first-order valence-electron chi connectivity index (χ1n) is 11.5. The van der Waals surface area contributed by atoms with Gasteiger partial charge in [0.05, 0.1) is 6.54 Å². The van der Waals surface area contributed by atoms with Crippen LogP contribution in [0.25, 0.3) is 0 Å². The Morgan fingerprint density at radius 1 is 0.941 bits per heavy atom. The molecule has 1 unspecified atom stereocenters. The van der Waals surface area contributed by atoms with Crippen LogP contribution in [0, 0.1) is 5.82 Å². The first-order chi connectivity index (χ1) is 16.5. The Morgan fingerprint density at radius 2 is 1.71 bits per heavy atom. The molecule has 0 bridgehead atoms. The van der Waals surface area contributed by atoms with Gasteiger partial charge in [-0.3, -0.25) is 19.3 Å². The Balaban J connectivity index is 1.29. The van der Waals surface area contributed by atoms with Gasteiger partial charge in [0, 0.05) is 50.6 Å². The number of rotatable bonds is 6. The second-order valence-electron chi connectivity index (χ2n) is 8.45. The summed E-state index contributed by atoms with van der Waals surface area (Å²) >= 11 is 1.46. The standard InChI is InChI=1S/C25H29FN4O3S/c26-21-9-7-20(8-10-21)23(32)30-15-16-34-25(30)24(33)29-12-4-11-28(13-14-29)18-22(31)27-17-19-5-2-1-3-6-19/h1-3,5-10,25H,4,11-18H2,(H,27,31). The van der Waals surface area contributed by atoms with Crippen molar-refractivity contribution in [1.82, 2.24) is 20.0 Å². The summed E-state index contributed by atoms with van der Waals surface area (Å²) in [6.45, 7) is 3.72. The van der Waals surface area contributed by atoms with Gasteiger partial charge in [-0.1, -0.05) is 30.3 Å². The molecule has 0 aliphatic carbocycles. The van der Waals surface area contributed by atoms with Crippen molar-refractivity contribution in [3.63, 3.8) is 0 Å². The minimum Gasteiger partial charge on any atom is -0.351 e. The summed E-state index contributed by atoms with van der Waals surface area (Å²) < 4.78 is 13.2. The average molecular weight is 485 g/mol. The Labute approximate surface area is 203 Å². The highest BCUT2D eigenvalue weighted by Crippen LogP contribution is 2.27. The molecular weight excluding hydrogens is 455 g/mol. The maximum Gasteiger partial charge on any atom is 0.255 e. The first-order valence-corrected chi connectivity index (χ1v) is 12.6. The SMILES string of the molecule is O=C(CN1CCCN(C(=O)C2SCCN2C(=O)c2ccc(F)cc2)CC1)NCc1ccccc1. The Morgan fingerprint density at radius 3 is 2.47 bits per heavy atom. The van der Waals surface area contributed by atoms with Crippen molar-refractivity contribution in [2.75, 3.05) is 45.0 Å². The average Bonchev–Trinajstić information content (AvgIpc) is 3.23. The van der Waals surface area contributed by atoms with Gasteiger partial charge < -0.3 is 15.1 Å². The van der Waals surface area contributed by atoms with Gasteiger partial charge in [-0.15, -0.1) is 11.8 Å². The predicted octanol–water partition coefficient (Wildman–Crippen LogP) is 2.19. The number of halogens is 1. The monoisotopic (exact) mass is 484 g/mol. The number of hydrogen-bond donors (Lipinski definition) is 1. The number of carbonyl (C=O) groups excluding carboxylic acids is 3. The van der Waals surface area contributed by atoms with Crippen molar-refractivity contribution in [3.05, 3.63) is 71.5 Å². The van der Waals surface area contributed by atoms with Crippen LogP contribution in [-0.2, 0) is 16.1 Å². The van der Waals surface area contributed by atoms with E-state index in [0.717, 1.165) is 18.5 Å². The maximum absolute atomic E-state index is 13.3. The summed E-state index contributed by atoms with van der Waals surface area (Å²) in [5.41, 5.74) is 1.43. The topological polar surface area (TPSA) is 73.0 Å². The number of hydrogen-bond acceptors (Lipinski definition) is 5. The number of benzene rings is 2. The van der Waals surface area contributed by atoms with Crippen LogP contribution in [0.5, 0.6) is 0 Å². The Hall–Kier alpha value is -2.91. The molecule has 2 aromatic carbocycles. The highest BCUT2D eigenvalue weighted by molar-refractivity contribution is 8.00. The minimum absolute atomic E-state index is 0.0361. The van der Waals surface area contributed by atoms with Crippen molar-refractivity contribution in [2.45, 2.75) is 18.3 Å². The van der Waals surface area contributed by atoms with Gasteiger partial charge >= 0.3 is 0 Å². The van der Waals surface area contributed by atoms with Crippen LogP contribution < -0.4 is 5.32 Å². The fourth-order valence-electron chi connectivity index (χ4n) is 4.20. The summed E-state index contributed by atoms with van der Waals surface area (Å²) in [5, 5.41) is 2.38. The van der Waals surface area contributed by atoms with Crippen molar-refractivity contribution >= 4 is 29.5 Å². The van der Waals surface area contributed by atoms with E-state index in [1.807, 2.05) is 30.3 Å². The van der Waals surface area contributed by atoms with Crippen molar-refractivity contribution in [1.29, 1.82) is 0 Å². The molecule has 4 rings (SSSR count). The van der Waals surface area contributed by atoms with Gasteiger partial charge in [0.2, 0.25) is 5.91 Å². The summed E-state index contributed by atoms with van der Waals surface area (Å²) in [6.07, 6.45) is 0.765. The Bertz CT molecular complexity index is 1000. The molecule has 2 aliphatic heterocycles. The molecule has 34 heavy (non-hydrogen) atoms. The molecule has 1 N–H and O–H groups in total. The largest absolute Gasteiger partial charge is 0.351 e. The molecule has 2 fully saturated rings. The van der Waals surface area contributed by atoms with E-state index in [2.05, 4.69) is 10.2 Å². The molecule has 0 saturated carbocycles. The van der Waals surface area contributed by atoms with Gasteiger partial charge in [0.15, 0.2) is 5.37 Å². The third-order valence-corrected chi connectivity index (χ3v) is 7.24. The van der Waals surface area contributed by atoms with Crippen LogP contribution in [0.3, 0.4) is 0 Å². The summed E-state index contributed by atoms with van der Waals surface area (Å²) in [7, 11) is 0. The molecule has 0 spiro atoms. The van der Waals surface area contributed by atoms with Gasteiger partial charge in [-0.25, -0.2) is 4.39 Å². The minimum atomic E-state index is -0.571. The van der Waals surface area contributed by atoms with Gasteiger partial charge in [-0.05, 0) is 36.2 Å². The fourth-order valence-corrected chi connectivity index (χ4v) is 5.40. The van der Waals surface area contributed by atoms with E-state index in [4.69, 9.17) is 0 Å². The normalized spacial score (nSPS) is 19.0. The molecule has 0 radical (unpaired) electrons. The molecule has 0 aromatic heterocycles. The van der Waals surface area contributed by atoms with Crippen molar-refractivity contribution in [3.8, 4) is 0 Å². The molecule has 180 valence electrons. The lowest BCUT2D eigenvalue weighted by atomic mass is 10.2. The number of nitrogens with one attached hydrogen (secondary N) is 1. The summed E-state index contributed by atoms with van der Waals surface area (Å²) in [5.74, 6) is -0.0812. The maximum atomic E-state index is 13.3. The van der Waals surface area contributed by atoms with E-state index < -0.39 is 11.2 Å². The van der Waals surface area contributed by atoms with Crippen LogP contribution in [0.1, 0.15) is 22.3 Å². The van der Waals surface area contributed by atoms with Crippen LogP contribution in [-0.4, -0.2) is 82.8 Å². The number of carbonyl (C=O) groups is 3. The second kappa shape index (κ2) is 11.5. The quantitative estimate of drug-likeness (QED) is 0.681. The molecule has 2 heterocycles. The lowest BCUT2D eigenvalue weighted by Gasteiger charge is -2.29. The summed E-state index contributed by atoms with van der Waals surface area (Å²) in [4.78, 5) is 44.1. The second-order valence-corrected chi connectivity index (χ2v) is 9.63. The lowest BCUT2D eigenvalue weighted by Crippen LogP contribution is -2.48. The van der Waals surface area contributed by atoms with Crippen molar-refractivity contribution < 1.29 is 18.8 Å². The fraction of sp³-hybridized carbons (Fsp3) is 0.400. The molecule has 3 amide bonds. The van der Waals surface area contributed by atoms with Crippen LogP contribution >= 0.6 is 11.8 Å². The third kappa shape index (κ3) is 6.15. The zero-order valence-electron chi connectivity index (χ0n) is 19.0. The van der Waals surface area contributed by atoms with E-state index in [0.29, 0.717) is 50.6 Å². The van der Waals surface area contributed by atoms with E-state index in [1.165, 1.54) is 36.0 Å². The molecule has 1 atom stereocenters.